The molecule has 1 saturated heterocycles. The van der Waals surface area contributed by atoms with E-state index in [0.717, 1.165) is 12.8 Å². The van der Waals surface area contributed by atoms with Crippen LogP contribution in [0.15, 0.2) is 18.3 Å². The molecule has 0 aromatic carbocycles. The lowest BCUT2D eigenvalue weighted by Gasteiger charge is -2.34. The summed E-state index contributed by atoms with van der Waals surface area (Å²) >= 11 is 0. The van der Waals surface area contributed by atoms with Crippen molar-refractivity contribution in [1.82, 2.24) is 20.1 Å². The van der Waals surface area contributed by atoms with Gasteiger partial charge in [0.25, 0.3) is 5.91 Å². The topological polar surface area (TPSA) is 92.7 Å². The fourth-order valence-electron chi connectivity index (χ4n) is 3.02. The number of carbonyl (C=O) groups is 3. The zero-order chi connectivity index (χ0) is 20.7. The van der Waals surface area contributed by atoms with Gasteiger partial charge in [-0.1, -0.05) is 5.92 Å². The number of nitrogens with one attached hydrogen (secondary N) is 2. The van der Waals surface area contributed by atoms with Gasteiger partial charge in [0.15, 0.2) is 0 Å². The van der Waals surface area contributed by atoms with E-state index in [-0.39, 0.29) is 37.0 Å². The summed E-state index contributed by atoms with van der Waals surface area (Å²) in [5.41, 5.74) is -0.0352. The Hall–Kier alpha value is -2.95. The van der Waals surface area contributed by atoms with Gasteiger partial charge in [-0.25, -0.2) is 4.79 Å². The minimum atomic E-state index is -0.522. The van der Waals surface area contributed by atoms with E-state index < -0.39 is 5.60 Å². The first-order valence-electron chi connectivity index (χ1n) is 9.34. The average molecular weight is 388 g/mol. The Morgan fingerprint density at radius 1 is 1.25 bits per heavy atom. The lowest BCUT2D eigenvalue weighted by Crippen LogP contribution is -2.42. The monoisotopic (exact) mass is 388 g/mol. The molecule has 1 aromatic heterocycles. The number of ether oxygens (including phenoxy) is 1. The average Bonchev–Trinajstić information content (AvgIpc) is 3.13. The predicted octanol–water partition coefficient (Wildman–Crippen LogP) is 1.54. The highest BCUT2D eigenvalue weighted by Gasteiger charge is 2.28. The van der Waals surface area contributed by atoms with E-state index in [4.69, 9.17) is 11.2 Å². The van der Waals surface area contributed by atoms with E-state index in [0.29, 0.717) is 18.8 Å². The summed E-state index contributed by atoms with van der Waals surface area (Å²) in [6.07, 6.45) is 8.06. The molecule has 0 atom stereocenters. The lowest BCUT2D eigenvalue weighted by molar-refractivity contribution is -0.119. The summed E-state index contributed by atoms with van der Waals surface area (Å²) in [4.78, 5) is 37.9. The third kappa shape index (κ3) is 6.05. The molecule has 1 aromatic rings. The first-order chi connectivity index (χ1) is 13.2. The van der Waals surface area contributed by atoms with Crippen molar-refractivity contribution in [2.45, 2.75) is 45.3 Å². The van der Waals surface area contributed by atoms with Crippen LogP contribution in [0.5, 0.6) is 0 Å². The van der Waals surface area contributed by atoms with Gasteiger partial charge in [0.2, 0.25) is 5.91 Å². The van der Waals surface area contributed by atoms with Crippen LogP contribution in [0.2, 0.25) is 0 Å². The molecule has 8 heteroatoms. The molecule has 1 aliphatic heterocycles. The van der Waals surface area contributed by atoms with Crippen molar-refractivity contribution in [2.75, 3.05) is 26.2 Å². The summed E-state index contributed by atoms with van der Waals surface area (Å²) in [6, 6.07) is 3.62. The zero-order valence-corrected chi connectivity index (χ0v) is 16.7. The van der Waals surface area contributed by atoms with Crippen LogP contribution >= 0.6 is 0 Å². The van der Waals surface area contributed by atoms with Crippen molar-refractivity contribution in [3.05, 3.63) is 24.0 Å². The Balaban J connectivity index is 1.90. The Morgan fingerprint density at radius 2 is 1.93 bits per heavy atom. The number of likely N-dealkylation sites (tertiary alicyclic amines) is 1. The number of nitrogens with zero attached hydrogens (tertiary/aromatic N) is 2. The van der Waals surface area contributed by atoms with Crippen LogP contribution in [0.3, 0.4) is 0 Å². The Kier molecular flexibility index (Phi) is 7.10. The summed E-state index contributed by atoms with van der Waals surface area (Å²) in [5.74, 6) is 1.64. The van der Waals surface area contributed by atoms with Crippen molar-refractivity contribution < 1.29 is 19.1 Å². The summed E-state index contributed by atoms with van der Waals surface area (Å²) in [7, 11) is 0. The van der Waals surface area contributed by atoms with Gasteiger partial charge in [-0.3, -0.25) is 9.59 Å². The molecule has 8 nitrogen and oxygen atoms in total. The van der Waals surface area contributed by atoms with E-state index in [1.807, 2.05) is 31.5 Å². The van der Waals surface area contributed by atoms with E-state index in [1.165, 1.54) is 0 Å². The minimum Gasteiger partial charge on any atom is -0.444 e. The third-order valence-electron chi connectivity index (χ3n) is 4.32. The van der Waals surface area contributed by atoms with Crippen LogP contribution < -0.4 is 10.6 Å². The number of carbonyl (C=O) groups excluding carboxylic acids is 3. The fraction of sp³-hybridized carbons (Fsp3) is 0.550. The largest absolute Gasteiger partial charge is 0.444 e. The van der Waals surface area contributed by atoms with Gasteiger partial charge in [-0.05, 0) is 45.7 Å². The van der Waals surface area contributed by atoms with E-state index in [2.05, 4.69) is 16.6 Å². The third-order valence-corrected chi connectivity index (χ3v) is 4.32. The second-order valence-electron chi connectivity index (χ2n) is 7.66. The number of aromatic nitrogens is 1. The molecule has 28 heavy (non-hydrogen) atoms. The molecule has 3 amide bonds. The molecule has 1 aliphatic rings. The molecule has 0 saturated carbocycles. The molecule has 0 spiro atoms. The second kappa shape index (κ2) is 9.31. The predicted molar refractivity (Wildman–Crippen MR) is 105 cm³/mol. The van der Waals surface area contributed by atoms with Gasteiger partial charge in [-0.15, -0.1) is 6.42 Å². The fourth-order valence-corrected chi connectivity index (χ4v) is 3.02. The molecule has 0 bridgehead atoms. The van der Waals surface area contributed by atoms with Crippen LogP contribution in [-0.4, -0.2) is 59.2 Å². The summed E-state index contributed by atoms with van der Waals surface area (Å²) in [5, 5.41) is 5.10. The first-order valence-corrected chi connectivity index (χ1v) is 9.34. The SMILES string of the molecule is C#CCNC(=O)CNC(=O)c1cccn1C1CCN(C(=O)OC(C)(C)C)CC1. The maximum Gasteiger partial charge on any atom is 0.410 e. The van der Waals surface area contributed by atoms with Crippen LogP contribution in [0, 0.1) is 12.3 Å². The van der Waals surface area contributed by atoms with Gasteiger partial charge >= 0.3 is 6.09 Å². The highest BCUT2D eigenvalue weighted by molar-refractivity contribution is 5.95. The highest BCUT2D eigenvalue weighted by Crippen LogP contribution is 2.25. The van der Waals surface area contributed by atoms with Crippen LogP contribution in [-0.2, 0) is 9.53 Å². The zero-order valence-electron chi connectivity index (χ0n) is 16.7. The van der Waals surface area contributed by atoms with Crippen molar-refractivity contribution in [1.29, 1.82) is 0 Å². The number of hydrogen-bond acceptors (Lipinski definition) is 4. The van der Waals surface area contributed by atoms with Gasteiger partial charge in [0.05, 0.1) is 13.1 Å². The van der Waals surface area contributed by atoms with Crippen molar-refractivity contribution in [3.63, 3.8) is 0 Å². The lowest BCUT2D eigenvalue weighted by atomic mass is 10.0. The number of terminal acetylenes is 1. The van der Waals surface area contributed by atoms with Gasteiger partial charge in [0, 0.05) is 25.3 Å². The molecule has 1 fully saturated rings. The molecule has 0 radical (unpaired) electrons. The first kappa shape index (κ1) is 21.4. The van der Waals surface area contributed by atoms with Crippen LogP contribution in [0.4, 0.5) is 4.79 Å². The van der Waals surface area contributed by atoms with Crippen molar-refractivity contribution in [2.24, 2.45) is 0 Å². The number of amides is 3. The maximum absolute atomic E-state index is 12.4. The van der Waals surface area contributed by atoms with Gasteiger partial charge < -0.3 is 24.8 Å². The van der Waals surface area contributed by atoms with E-state index in [9.17, 15) is 14.4 Å². The summed E-state index contributed by atoms with van der Waals surface area (Å²) in [6.45, 7) is 6.64. The Bertz CT molecular complexity index is 749. The Morgan fingerprint density at radius 3 is 2.54 bits per heavy atom. The van der Waals surface area contributed by atoms with E-state index in [1.54, 1.807) is 17.0 Å². The number of hydrogen-bond donors (Lipinski definition) is 2. The molecular formula is C20H28N4O4. The molecule has 2 N–H and O–H groups in total. The molecular weight excluding hydrogens is 360 g/mol. The van der Waals surface area contributed by atoms with Gasteiger partial charge in [-0.2, -0.15) is 0 Å². The molecule has 2 heterocycles. The quantitative estimate of drug-likeness (QED) is 0.749. The molecule has 152 valence electrons. The van der Waals surface area contributed by atoms with Crippen LogP contribution in [0.1, 0.15) is 50.1 Å². The highest BCUT2D eigenvalue weighted by atomic mass is 16.6. The van der Waals surface area contributed by atoms with Crippen molar-refractivity contribution in [3.8, 4) is 12.3 Å². The standard InChI is InChI=1S/C20H28N4O4/c1-5-10-21-17(25)14-22-18(26)16-7-6-11-24(16)15-8-12-23(13-9-15)19(27)28-20(2,3)4/h1,6-7,11,15H,8-10,12-14H2,2-4H3,(H,21,25)(H,22,26). The molecule has 2 rings (SSSR count). The number of rotatable bonds is 5. The van der Waals surface area contributed by atoms with Crippen molar-refractivity contribution >= 4 is 17.9 Å². The summed E-state index contributed by atoms with van der Waals surface area (Å²) < 4.78 is 7.32. The van der Waals surface area contributed by atoms with Crippen LogP contribution in [0.25, 0.3) is 0 Å². The van der Waals surface area contributed by atoms with E-state index >= 15 is 0 Å². The smallest absolute Gasteiger partial charge is 0.410 e. The molecule has 0 aliphatic carbocycles. The maximum atomic E-state index is 12.4. The minimum absolute atomic E-state index is 0.102. The Labute approximate surface area is 165 Å². The number of piperidine rings is 1. The second-order valence-corrected chi connectivity index (χ2v) is 7.66. The normalized spacial score (nSPS) is 14.9. The van der Waals surface area contributed by atoms with Gasteiger partial charge in [0.1, 0.15) is 11.3 Å². The molecule has 0 unspecified atom stereocenters.